The predicted molar refractivity (Wildman–Crippen MR) is 117 cm³/mol. The van der Waals surface area contributed by atoms with Crippen molar-refractivity contribution in [2.24, 2.45) is 5.41 Å². The largest absolute Gasteiger partial charge is 0.347 e. The molecule has 2 aromatic carbocycles. The number of nitrogens with one attached hydrogen (secondary N) is 1. The molecule has 1 aliphatic rings. The van der Waals surface area contributed by atoms with E-state index in [-0.39, 0.29) is 17.4 Å². The Kier molecular flexibility index (Phi) is 5.68. The number of carbonyl (C=O) groups is 1. The number of hydrogen-bond acceptors (Lipinski definition) is 4. The number of nitrogens with zero attached hydrogens (tertiary/aromatic N) is 4. The molecule has 156 valence electrons. The Balaban J connectivity index is 1.44. The summed E-state index contributed by atoms with van der Waals surface area (Å²) in [5.74, 6) is -0.0440. The van der Waals surface area contributed by atoms with E-state index in [1.165, 1.54) is 17.5 Å². The maximum Gasteiger partial charge on any atom is 0.251 e. The molecule has 1 aromatic heterocycles. The van der Waals surface area contributed by atoms with Crippen molar-refractivity contribution in [3.05, 3.63) is 77.9 Å². The smallest absolute Gasteiger partial charge is 0.251 e. The molecule has 0 saturated heterocycles. The van der Waals surface area contributed by atoms with E-state index in [0.29, 0.717) is 5.56 Å². The molecule has 0 saturated carbocycles. The summed E-state index contributed by atoms with van der Waals surface area (Å²) in [6.45, 7) is 9.34. The van der Waals surface area contributed by atoms with Crippen LogP contribution in [0.5, 0.6) is 0 Å². The normalized spacial score (nSPS) is 15.4. The first-order valence-electron chi connectivity index (χ1n) is 10.5. The Morgan fingerprint density at radius 3 is 2.50 bits per heavy atom. The third kappa shape index (κ3) is 4.60. The van der Waals surface area contributed by atoms with Gasteiger partial charge in [-0.1, -0.05) is 45.0 Å². The SMILES string of the molecule is CC(C)(C)C(CN1CCc2ccccc2C1)NC(=O)c1ccc(-n2cncn2)cc1. The Morgan fingerprint density at radius 1 is 1.10 bits per heavy atom. The minimum Gasteiger partial charge on any atom is -0.347 e. The lowest BCUT2D eigenvalue weighted by Crippen LogP contribution is -2.51. The number of hydrogen-bond donors (Lipinski definition) is 1. The van der Waals surface area contributed by atoms with Crippen LogP contribution in [-0.2, 0) is 13.0 Å². The van der Waals surface area contributed by atoms with Gasteiger partial charge in [-0.05, 0) is 47.2 Å². The highest BCUT2D eigenvalue weighted by Crippen LogP contribution is 2.24. The van der Waals surface area contributed by atoms with Crippen LogP contribution in [0.15, 0.2) is 61.2 Å². The maximum absolute atomic E-state index is 13.0. The van der Waals surface area contributed by atoms with Gasteiger partial charge < -0.3 is 5.32 Å². The van der Waals surface area contributed by atoms with Gasteiger partial charge in [-0.3, -0.25) is 9.69 Å². The Labute approximate surface area is 177 Å². The van der Waals surface area contributed by atoms with Crippen LogP contribution in [0.4, 0.5) is 0 Å². The minimum atomic E-state index is -0.0483. The van der Waals surface area contributed by atoms with Gasteiger partial charge >= 0.3 is 0 Å². The number of amides is 1. The average Bonchev–Trinajstić information content (AvgIpc) is 3.27. The van der Waals surface area contributed by atoms with E-state index >= 15 is 0 Å². The van der Waals surface area contributed by atoms with Gasteiger partial charge in [-0.25, -0.2) is 9.67 Å². The maximum atomic E-state index is 13.0. The summed E-state index contributed by atoms with van der Waals surface area (Å²) >= 11 is 0. The molecular weight excluding hydrogens is 374 g/mol. The van der Waals surface area contributed by atoms with Crippen LogP contribution in [0.25, 0.3) is 5.69 Å². The van der Waals surface area contributed by atoms with Crippen molar-refractivity contribution >= 4 is 5.91 Å². The van der Waals surface area contributed by atoms with Crippen LogP contribution >= 0.6 is 0 Å². The molecule has 0 radical (unpaired) electrons. The van der Waals surface area contributed by atoms with Crippen molar-refractivity contribution < 1.29 is 4.79 Å². The summed E-state index contributed by atoms with van der Waals surface area (Å²) in [4.78, 5) is 19.4. The molecule has 3 aromatic rings. The number of benzene rings is 2. The molecule has 0 aliphatic carbocycles. The van der Waals surface area contributed by atoms with E-state index in [1.807, 2.05) is 24.3 Å². The zero-order chi connectivity index (χ0) is 21.1. The van der Waals surface area contributed by atoms with Gasteiger partial charge in [0.25, 0.3) is 5.91 Å². The van der Waals surface area contributed by atoms with Crippen molar-refractivity contribution in [3.63, 3.8) is 0 Å². The fraction of sp³-hybridized carbons (Fsp3) is 0.375. The molecule has 6 heteroatoms. The highest BCUT2D eigenvalue weighted by Gasteiger charge is 2.29. The molecule has 30 heavy (non-hydrogen) atoms. The molecule has 1 unspecified atom stereocenters. The van der Waals surface area contributed by atoms with Crippen LogP contribution in [0.1, 0.15) is 42.3 Å². The van der Waals surface area contributed by atoms with Gasteiger partial charge in [-0.2, -0.15) is 5.10 Å². The fourth-order valence-corrected chi connectivity index (χ4v) is 3.85. The van der Waals surface area contributed by atoms with E-state index < -0.39 is 0 Å². The van der Waals surface area contributed by atoms with Gasteiger partial charge in [0.1, 0.15) is 12.7 Å². The highest BCUT2D eigenvalue weighted by atomic mass is 16.1. The monoisotopic (exact) mass is 403 g/mol. The Bertz CT molecular complexity index is 989. The molecule has 4 rings (SSSR count). The van der Waals surface area contributed by atoms with Gasteiger partial charge in [0.05, 0.1) is 5.69 Å². The van der Waals surface area contributed by atoms with E-state index in [1.54, 1.807) is 11.0 Å². The van der Waals surface area contributed by atoms with Gasteiger partial charge in [0, 0.05) is 31.2 Å². The third-order valence-electron chi connectivity index (χ3n) is 5.81. The second kappa shape index (κ2) is 8.40. The first-order chi connectivity index (χ1) is 14.4. The highest BCUT2D eigenvalue weighted by molar-refractivity contribution is 5.94. The minimum absolute atomic E-state index is 0.0440. The summed E-state index contributed by atoms with van der Waals surface area (Å²) in [5, 5.41) is 7.41. The molecule has 2 heterocycles. The van der Waals surface area contributed by atoms with E-state index in [9.17, 15) is 4.79 Å². The summed E-state index contributed by atoms with van der Waals surface area (Å²) in [7, 11) is 0. The van der Waals surface area contributed by atoms with Gasteiger partial charge in [-0.15, -0.1) is 0 Å². The van der Waals surface area contributed by atoms with Crippen LogP contribution in [0.3, 0.4) is 0 Å². The standard InChI is InChI=1S/C24H29N5O/c1-24(2,3)22(15-28-13-12-18-6-4-5-7-20(18)14-28)27-23(30)19-8-10-21(11-9-19)29-17-25-16-26-29/h4-11,16-17,22H,12-15H2,1-3H3,(H,27,30). The van der Waals surface area contributed by atoms with E-state index in [0.717, 1.165) is 31.7 Å². The first kappa shape index (κ1) is 20.3. The zero-order valence-corrected chi connectivity index (χ0v) is 17.9. The Hall–Kier alpha value is -2.99. The van der Waals surface area contributed by atoms with E-state index in [4.69, 9.17) is 0 Å². The lowest BCUT2D eigenvalue weighted by Gasteiger charge is -2.38. The molecule has 0 bridgehead atoms. The molecule has 0 spiro atoms. The summed E-state index contributed by atoms with van der Waals surface area (Å²) in [6.07, 6.45) is 4.19. The lowest BCUT2D eigenvalue weighted by atomic mass is 9.85. The van der Waals surface area contributed by atoms with Crippen LogP contribution in [0.2, 0.25) is 0 Å². The Morgan fingerprint density at radius 2 is 1.83 bits per heavy atom. The molecule has 1 amide bonds. The number of aromatic nitrogens is 3. The molecule has 6 nitrogen and oxygen atoms in total. The number of fused-ring (bicyclic) bond motifs is 1. The predicted octanol–water partition coefficient (Wildman–Crippen LogP) is 3.47. The second-order valence-corrected chi connectivity index (χ2v) is 9.03. The van der Waals surface area contributed by atoms with Crippen molar-refractivity contribution in [2.75, 3.05) is 13.1 Å². The molecule has 1 N–H and O–H groups in total. The number of carbonyl (C=O) groups excluding carboxylic acids is 1. The topological polar surface area (TPSA) is 63.1 Å². The second-order valence-electron chi connectivity index (χ2n) is 9.03. The van der Waals surface area contributed by atoms with E-state index in [2.05, 4.69) is 65.3 Å². The van der Waals surface area contributed by atoms with Crippen LogP contribution in [-0.4, -0.2) is 44.7 Å². The summed E-state index contributed by atoms with van der Waals surface area (Å²) < 4.78 is 1.67. The van der Waals surface area contributed by atoms with Crippen LogP contribution < -0.4 is 5.32 Å². The van der Waals surface area contributed by atoms with Crippen LogP contribution in [0, 0.1) is 5.41 Å². The third-order valence-corrected chi connectivity index (χ3v) is 5.81. The molecule has 0 fully saturated rings. The lowest BCUT2D eigenvalue weighted by molar-refractivity contribution is 0.0863. The average molecular weight is 404 g/mol. The molecular formula is C24H29N5O. The summed E-state index contributed by atoms with van der Waals surface area (Å²) in [6, 6.07) is 16.1. The molecule has 1 aliphatic heterocycles. The first-order valence-corrected chi connectivity index (χ1v) is 10.5. The summed E-state index contributed by atoms with van der Waals surface area (Å²) in [5.41, 5.74) is 4.32. The fourth-order valence-electron chi connectivity index (χ4n) is 3.85. The quantitative estimate of drug-likeness (QED) is 0.709. The number of rotatable bonds is 5. The van der Waals surface area contributed by atoms with Gasteiger partial charge in [0.15, 0.2) is 0 Å². The van der Waals surface area contributed by atoms with Crippen molar-refractivity contribution in [2.45, 2.75) is 39.8 Å². The van der Waals surface area contributed by atoms with Crippen molar-refractivity contribution in [1.82, 2.24) is 25.0 Å². The van der Waals surface area contributed by atoms with Crippen molar-refractivity contribution in [1.29, 1.82) is 0 Å². The van der Waals surface area contributed by atoms with Crippen molar-refractivity contribution in [3.8, 4) is 5.69 Å². The zero-order valence-electron chi connectivity index (χ0n) is 17.9. The van der Waals surface area contributed by atoms with Gasteiger partial charge in [0.2, 0.25) is 0 Å². The molecule has 1 atom stereocenters.